The molecule has 178 valence electrons. The smallest absolute Gasteiger partial charge is 0.334 e. The van der Waals surface area contributed by atoms with Crippen molar-refractivity contribution in [2.75, 3.05) is 5.75 Å². The number of nitrogens with one attached hydrogen (secondary N) is 1. The lowest BCUT2D eigenvalue weighted by atomic mass is 9.85. The Morgan fingerprint density at radius 2 is 1.85 bits per heavy atom. The van der Waals surface area contributed by atoms with Crippen molar-refractivity contribution in [2.24, 2.45) is 0 Å². The molecule has 0 unspecified atom stereocenters. The Kier molecular flexibility index (Phi) is 5.03. The molecule has 0 aliphatic carbocycles. The highest BCUT2D eigenvalue weighted by molar-refractivity contribution is 7.89. The number of benzene rings is 2. The quantitative estimate of drug-likeness (QED) is 0.465. The first-order valence-electron chi connectivity index (χ1n) is 10.7. The molecule has 0 saturated heterocycles. The lowest BCUT2D eigenvalue weighted by Gasteiger charge is -2.26. The Labute approximate surface area is 193 Å². The fourth-order valence-corrected chi connectivity index (χ4v) is 5.47. The first-order chi connectivity index (χ1) is 16.0. The molecule has 2 aromatic heterocycles. The molecule has 34 heavy (non-hydrogen) atoms. The second-order valence-corrected chi connectivity index (χ2v) is 10.9. The summed E-state index contributed by atoms with van der Waals surface area (Å²) < 4.78 is 64.3. The average Bonchev–Trinajstić information content (AvgIpc) is 3.41. The molecule has 0 saturated carbocycles. The first-order valence-corrected chi connectivity index (χ1v) is 12.4. The van der Waals surface area contributed by atoms with E-state index in [0.717, 1.165) is 12.1 Å². The molecule has 1 aliphatic heterocycles. The van der Waals surface area contributed by atoms with Gasteiger partial charge in [-0.3, -0.25) is 4.57 Å². The maximum absolute atomic E-state index is 14.6. The third kappa shape index (κ3) is 3.30. The summed E-state index contributed by atoms with van der Waals surface area (Å²) in [5.41, 5.74) is -0.331. The van der Waals surface area contributed by atoms with Crippen LogP contribution in [0.3, 0.4) is 0 Å². The predicted octanol–water partition coefficient (Wildman–Crippen LogP) is 3.32. The molecule has 1 N–H and O–H groups in total. The van der Waals surface area contributed by atoms with Gasteiger partial charge >= 0.3 is 5.69 Å². The van der Waals surface area contributed by atoms with E-state index in [9.17, 15) is 22.0 Å². The first kappa shape index (κ1) is 22.5. The van der Waals surface area contributed by atoms with Crippen molar-refractivity contribution in [1.29, 1.82) is 0 Å². The van der Waals surface area contributed by atoms with Gasteiger partial charge in [0.15, 0.2) is 11.4 Å². The second-order valence-electron chi connectivity index (χ2n) is 8.85. The third-order valence-electron chi connectivity index (χ3n) is 6.52. The summed E-state index contributed by atoms with van der Waals surface area (Å²) in [6.45, 7) is 5.38. The summed E-state index contributed by atoms with van der Waals surface area (Å²) in [4.78, 5) is 13.4. The van der Waals surface area contributed by atoms with E-state index in [4.69, 9.17) is 4.52 Å². The molecule has 3 heterocycles. The van der Waals surface area contributed by atoms with Crippen molar-refractivity contribution in [3.63, 3.8) is 0 Å². The fourth-order valence-electron chi connectivity index (χ4n) is 4.50. The van der Waals surface area contributed by atoms with Crippen LogP contribution in [-0.2, 0) is 22.0 Å². The molecule has 4 aromatic rings. The van der Waals surface area contributed by atoms with E-state index < -0.39 is 38.8 Å². The molecule has 0 radical (unpaired) electrons. The van der Waals surface area contributed by atoms with Crippen LogP contribution in [0.4, 0.5) is 8.78 Å². The molecule has 11 heteroatoms. The normalized spacial score (nSPS) is 17.4. The maximum Gasteiger partial charge on any atom is 0.334 e. The molecule has 8 nitrogen and oxygen atoms in total. The van der Waals surface area contributed by atoms with Crippen LogP contribution in [0.1, 0.15) is 26.5 Å². The summed E-state index contributed by atoms with van der Waals surface area (Å²) in [6, 6.07) is 7.81. The van der Waals surface area contributed by atoms with E-state index in [2.05, 4.69) is 9.88 Å². The van der Waals surface area contributed by atoms with Gasteiger partial charge in [0, 0.05) is 29.4 Å². The molecular formula is C23H22F2N4O4S. The van der Waals surface area contributed by atoms with Gasteiger partial charge in [-0.2, -0.15) is 0 Å². The molecule has 0 spiro atoms. The Balaban J connectivity index is 1.67. The highest BCUT2D eigenvalue weighted by Gasteiger charge is 2.44. The molecule has 0 bridgehead atoms. The number of sulfonamides is 1. The van der Waals surface area contributed by atoms with Crippen LogP contribution in [-0.4, -0.2) is 34.5 Å². The summed E-state index contributed by atoms with van der Waals surface area (Å²) in [6.07, 6.45) is 1.58. The van der Waals surface area contributed by atoms with Crippen LogP contribution in [0.2, 0.25) is 0 Å². The van der Waals surface area contributed by atoms with E-state index in [1.54, 1.807) is 31.3 Å². The largest absolute Gasteiger partial charge is 0.354 e. The molecule has 2 aromatic carbocycles. The maximum atomic E-state index is 14.6. The predicted molar refractivity (Wildman–Crippen MR) is 122 cm³/mol. The molecular weight excluding hydrogens is 466 g/mol. The van der Waals surface area contributed by atoms with Gasteiger partial charge in [-0.25, -0.2) is 31.3 Å². The molecule has 5 rings (SSSR count). The van der Waals surface area contributed by atoms with Crippen LogP contribution in [0.5, 0.6) is 0 Å². The van der Waals surface area contributed by atoms with E-state index in [0.29, 0.717) is 11.1 Å². The van der Waals surface area contributed by atoms with Gasteiger partial charge in [-0.15, -0.1) is 0 Å². The highest BCUT2D eigenvalue weighted by atomic mass is 32.2. The van der Waals surface area contributed by atoms with E-state index >= 15 is 0 Å². The number of rotatable bonds is 5. The number of aromatic nitrogens is 3. The highest BCUT2D eigenvalue weighted by Crippen LogP contribution is 2.38. The van der Waals surface area contributed by atoms with Gasteiger partial charge < -0.3 is 4.52 Å². The summed E-state index contributed by atoms with van der Waals surface area (Å²) in [7, 11) is -3.48. The van der Waals surface area contributed by atoms with E-state index in [1.807, 2.05) is 13.8 Å². The van der Waals surface area contributed by atoms with Gasteiger partial charge in [0.1, 0.15) is 11.6 Å². The summed E-state index contributed by atoms with van der Waals surface area (Å²) in [5, 5.41) is 4.33. The van der Waals surface area contributed by atoms with Crippen molar-refractivity contribution in [3.05, 3.63) is 70.4 Å². The van der Waals surface area contributed by atoms with Crippen LogP contribution in [0, 0.1) is 11.6 Å². The lowest BCUT2D eigenvalue weighted by molar-refractivity contribution is 0.400. The van der Waals surface area contributed by atoms with Gasteiger partial charge in [0.25, 0.3) is 0 Å². The minimum atomic E-state index is -3.48. The Morgan fingerprint density at radius 1 is 1.18 bits per heavy atom. The number of nitrogens with zero attached hydrogens (tertiary/aromatic N) is 3. The molecule has 1 atom stereocenters. The average molecular weight is 489 g/mol. The van der Waals surface area contributed by atoms with Crippen molar-refractivity contribution >= 4 is 21.0 Å². The van der Waals surface area contributed by atoms with Crippen LogP contribution in [0.25, 0.3) is 27.9 Å². The zero-order valence-electron chi connectivity index (χ0n) is 18.7. The minimum Gasteiger partial charge on any atom is -0.354 e. The molecule has 0 amide bonds. The van der Waals surface area contributed by atoms with Crippen molar-refractivity contribution in [3.8, 4) is 16.9 Å². The van der Waals surface area contributed by atoms with Gasteiger partial charge in [0.05, 0.1) is 22.7 Å². The Morgan fingerprint density at radius 3 is 2.50 bits per heavy atom. The van der Waals surface area contributed by atoms with Crippen molar-refractivity contribution in [2.45, 2.75) is 38.8 Å². The van der Waals surface area contributed by atoms with Crippen LogP contribution >= 0.6 is 0 Å². The van der Waals surface area contributed by atoms with Crippen LogP contribution < -0.4 is 10.4 Å². The van der Waals surface area contributed by atoms with Gasteiger partial charge in [0.2, 0.25) is 10.0 Å². The fraction of sp³-hybridized carbons (Fsp3) is 0.304. The number of hydrogen-bond donors (Lipinski definition) is 1. The monoisotopic (exact) mass is 488 g/mol. The number of fused-ring (bicyclic) bond motifs is 2. The Hall–Kier alpha value is -3.31. The standard InChI is InChI=1S/C23H22F2N4O4S/c1-4-34(31,32)27-17-11-28-18(23(17,2)3)12-29(22(28)30)21-20-13(7-5-10-16(20)33-26-21)19-14(24)8-6-9-15(19)25/h5-10,12,17,27H,4,11H2,1-3H3/t17-/m1/s1. The second kappa shape index (κ2) is 7.60. The number of hydrogen-bond acceptors (Lipinski definition) is 5. The van der Waals surface area contributed by atoms with E-state index in [1.165, 1.54) is 15.2 Å². The summed E-state index contributed by atoms with van der Waals surface area (Å²) in [5.74, 6) is -1.47. The van der Waals surface area contributed by atoms with Crippen LogP contribution in [0.15, 0.2) is 51.9 Å². The zero-order chi connectivity index (χ0) is 24.4. The molecule has 1 aliphatic rings. The zero-order valence-corrected chi connectivity index (χ0v) is 19.5. The summed E-state index contributed by atoms with van der Waals surface area (Å²) >= 11 is 0. The minimum absolute atomic E-state index is 0.0704. The Bertz CT molecular complexity index is 1580. The van der Waals surface area contributed by atoms with E-state index in [-0.39, 0.29) is 34.8 Å². The SMILES string of the molecule is CCS(=O)(=O)N[C@@H]1Cn2c(cn(-c3noc4cccc(-c5c(F)cccc5F)c34)c2=O)C1(C)C. The van der Waals surface area contributed by atoms with Crippen molar-refractivity contribution in [1.82, 2.24) is 19.0 Å². The van der Waals surface area contributed by atoms with Gasteiger partial charge in [-0.1, -0.05) is 37.2 Å². The van der Waals surface area contributed by atoms with Gasteiger partial charge in [-0.05, 0) is 25.1 Å². The topological polar surface area (TPSA) is 99.1 Å². The van der Waals surface area contributed by atoms with Crippen molar-refractivity contribution < 1.29 is 21.7 Å². The number of imidazole rings is 1. The lowest BCUT2D eigenvalue weighted by Crippen LogP contribution is -2.46. The third-order valence-corrected chi connectivity index (χ3v) is 7.92. The number of halogens is 2. The molecule has 0 fully saturated rings.